The summed E-state index contributed by atoms with van der Waals surface area (Å²) in [7, 11) is 0. The van der Waals surface area contributed by atoms with Gasteiger partial charge in [0, 0.05) is 11.4 Å². The maximum Gasteiger partial charge on any atom is 0.317 e. The summed E-state index contributed by atoms with van der Waals surface area (Å²) < 4.78 is 0. The molecule has 0 radical (unpaired) electrons. The van der Waals surface area contributed by atoms with Crippen LogP contribution >= 0.6 is 0 Å². The molecule has 0 unspecified atom stereocenters. The molecule has 0 aliphatic heterocycles. The van der Waals surface area contributed by atoms with Crippen molar-refractivity contribution >= 4 is 29.2 Å². The molecule has 5 N–H and O–H groups in total. The fourth-order valence-electron chi connectivity index (χ4n) is 1.57. The van der Waals surface area contributed by atoms with Crippen molar-refractivity contribution in [3.8, 4) is 0 Å². The molecule has 20 heavy (non-hydrogen) atoms. The van der Waals surface area contributed by atoms with Crippen molar-refractivity contribution in [1.29, 1.82) is 0 Å². The molecule has 0 heterocycles. The SMILES string of the molecule is Nc1cccc(NC(=O)CN(CC(=O)O)CC(=O)O)c1. The van der Waals surface area contributed by atoms with E-state index >= 15 is 0 Å². The standard InChI is InChI=1S/C12H15N3O5/c13-8-2-1-3-9(4-8)14-10(16)5-15(6-11(17)18)7-12(19)20/h1-4H,5-7,13H2,(H,14,16)(H,17,18)(H,19,20). The average molecular weight is 281 g/mol. The van der Waals surface area contributed by atoms with E-state index in [4.69, 9.17) is 15.9 Å². The van der Waals surface area contributed by atoms with Crippen molar-refractivity contribution in [3.63, 3.8) is 0 Å². The smallest absolute Gasteiger partial charge is 0.317 e. The van der Waals surface area contributed by atoms with Crippen LogP contribution < -0.4 is 11.1 Å². The molecule has 0 saturated heterocycles. The monoisotopic (exact) mass is 281 g/mol. The van der Waals surface area contributed by atoms with Crippen LogP contribution in [0.5, 0.6) is 0 Å². The predicted molar refractivity (Wildman–Crippen MR) is 71.2 cm³/mol. The van der Waals surface area contributed by atoms with Crippen molar-refractivity contribution in [1.82, 2.24) is 4.90 Å². The van der Waals surface area contributed by atoms with E-state index in [0.717, 1.165) is 4.90 Å². The Morgan fingerprint density at radius 1 is 1.10 bits per heavy atom. The first-order valence-electron chi connectivity index (χ1n) is 5.68. The lowest BCUT2D eigenvalue weighted by Gasteiger charge is -2.17. The van der Waals surface area contributed by atoms with Crippen molar-refractivity contribution in [2.24, 2.45) is 0 Å². The van der Waals surface area contributed by atoms with Gasteiger partial charge in [-0.1, -0.05) is 6.07 Å². The molecule has 0 atom stereocenters. The number of carbonyl (C=O) groups is 3. The Morgan fingerprint density at radius 3 is 2.20 bits per heavy atom. The number of benzene rings is 1. The van der Waals surface area contributed by atoms with Gasteiger partial charge >= 0.3 is 11.9 Å². The van der Waals surface area contributed by atoms with E-state index in [-0.39, 0.29) is 6.54 Å². The third-order valence-corrected chi connectivity index (χ3v) is 2.26. The molecule has 8 nitrogen and oxygen atoms in total. The largest absolute Gasteiger partial charge is 0.480 e. The number of carboxylic acids is 2. The van der Waals surface area contributed by atoms with E-state index in [9.17, 15) is 14.4 Å². The third-order valence-electron chi connectivity index (χ3n) is 2.26. The summed E-state index contributed by atoms with van der Waals surface area (Å²) in [4.78, 5) is 33.9. The number of aliphatic carboxylic acids is 2. The summed E-state index contributed by atoms with van der Waals surface area (Å²) in [5, 5.41) is 19.8. The lowest BCUT2D eigenvalue weighted by molar-refractivity contribution is -0.142. The van der Waals surface area contributed by atoms with Crippen molar-refractivity contribution in [2.75, 3.05) is 30.7 Å². The van der Waals surface area contributed by atoms with Gasteiger partial charge in [0.25, 0.3) is 0 Å². The zero-order valence-corrected chi connectivity index (χ0v) is 10.6. The number of hydrogen-bond donors (Lipinski definition) is 4. The molecule has 1 aromatic rings. The zero-order valence-electron chi connectivity index (χ0n) is 10.6. The maximum absolute atomic E-state index is 11.7. The number of nitrogens with two attached hydrogens (primary N) is 1. The Hall–Kier alpha value is -2.61. The number of carboxylic acid groups (broad SMARTS) is 2. The van der Waals surface area contributed by atoms with E-state index in [1.54, 1.807) is 18.2 Å². The Morgan fingerprint density at radius 2 is 1.70 bits per heavy atom. The maximum atomic E-state index is 11.7. The van der Waals surface area contributed by atoms with Crippen LogP contribution in [0.2, 0.25) is 0 Å². The van der Waals surface area contributed by atoms with Crippen LogP contribution in [0.4, 0.5) is 11.4 Å². The van der Waals surface area contributed by atoms with Gasteiger partial charge in [-0.3, -0.25) is 19.3 Å². The molecule has 0 aliphatic carbocycles. The number of anilines is 2. The molecule has 0 spiro atoms. The molecule has 1 aromatic carbocycles. The zero-order chi connectivity index (χ0) is 15.1. The fraction of sp³-hybridized carbons (Fsp3) is 0.250. The van der Waals surface area contributed by atoms with E-state index in [1.165, 1.54) is 6.07 Å². The molecule has 0 saturated carbocycles. The second kappa shape index (κ2) is 7.10. The molecule has 0 fully saturated rings. The molecule has 0 aromatic heterocycles. The third kappa shape index (κ3) is 5.83. The molecule has 0 aliphatic rings. The van der Waals surface area contributed by atoms with Crippen LogP contribution in [0.25, 0.3) is 0 Å². The average Bonchev–Trinajstić information content (AvgIpc) is 2.26. The van der Waals surface area contributed by atoms with Gasteiger partial charge < -0.3 is 21.3 Å². The van der Waals surface area contributed by atoms with Crippen LogP contribution in [0.1, 0.15) is 0 Å². The van der Waals surface area contributed by atoms with E-state index in [1.807, 2.05) is 0 Å². The van der Waals surface area contributed by atoms with Gasteiger partial charge in [0.15, 0.2) is 0 Å². The Balaban J connectivity index is 2.61. The summed E-state index contributed by atoms with van der Waals surface area (Å²) in [5.74, 6) is -2.93. The molecular weight excluding hydrogens is 266 g/mol. The molecule has 0 bridgehead atoms. The number of amides is 1. The van der Waals surface area contributed by atoms with Gasteiger partial charge in [0.1, 0.15) is 0 Å². The molecule has 8 heteroatoms. The molecule has 108 valence electrons. The summed E-state index contributed by atoms with van der Waals surface area (Å²) >= 11 is 0. The summed E-state index contributed by atoms with van der Waals surface area (Å²) in [6, 6.07) is 6.46. The lowest BCUT2D eigenvalue weighted by Crippen LogP contribution is -2.40. The number of rotatable bonds is 7. The first-order chi connectivity index (χ1) is 9.36. The van der Waals surface area contributed by atoms with E-state index in [2.05, 4.69) is 5.32 Å². The minimum atomic E-state index is -1.21. The fourth-order valence-corrected chi connectivity index (χ4v) is 1.57. The molecule has 1 amide bonds. The van der Waals surface area contributed by atoms with E-state index < -0.39 is 30.9 Å². The van der Waals surface area contributed by atoms with Gasteiger partial charge in [0.2, 0.25) is 5.91 Å². The Kier molecular flexibility index (Phi) is 5.48. The predicted octanol–water partition coefficient (Wildman–Crippen LogP) is -0.322. The van der Waals surface area contributed by atoms with Crippen LogP contribution in [-0.4, -0.2) is 52.6 Å². The second-order valence-corrected chi connectivity index (χ2v) is 4.11. The Labute approximate surface area is 114 Å². The van der Waals surface area contributed by atoms with Gasteiger partial charge in [-0.25, -0.2) is 0 Å². The number of nitrogens with zero attached hydrogens (tertiary/aromatic N) is 1. The first kappa shape index (κ1) is 15.4. The number of hydrogen-bond acceptors (Lipinski definition) is 5. The molecule has 1 rings (SSSR count). The highest BCUT2D eigenvalue weighted by Gasteiger charge is 2.17. The van der Waals surface area contributed by atoms with Crippen LogP contribution in [0.3, 0.4) is 0 Å². The van der Waals surface area contributed by atoms with Crippen molar-refractivity contribution < 1.29 is 24.6 Å². The minimum Gasteiger partial charge on any atom is -0.480 e. The lowest BCUT2D eigenvalue weighted by atomic mass is 10.3. The minimum absolute atomic E-state index is 0.340. The van der Waals surface area contributed by atoms with Crippen LogP contribution in [-0.2, 0) is 14.4 Å². The normalized spacial score (nSPS) is 10.2. The summed E-state index contributed by atoms with van der Waals surface area (Å²) in [5.41, 5.74) is 6.48. The highest BCUT2D eigenvalue weighted by Crippen LogP contribution is 2.11. The van der Waals surface area contributed by atoms with Crippen molar-refractivity contribution in [2.45, 2.75) is 0 Å². The van der Waals surface area contributed by atoms with Gasteiger partial charge in [0.05, 0.1) is 19.6 Å². The van der Waals surface area contributed by atoms with Crippen LogP contribution in [0.15, 0.2) is 24.3 Å². The molecular formula is C12H15N3O5. The van der Waals surface area contributed by atoms with Crippen LogP contribution in [0, 0.1) is 0 Å². The number of nitrogen functional groups attached to an aromatic ring is 1. The highest BCUT2D eigenvalue weighted by atomic mass is 16.4. The van der Waals surface area contributed by atoms with Crippen molar-refractivity contribution in [3.05, 3.63) is 24.3 Å². The Bertz CT molecular complexity index is 502. The number of carbonyl (C=O) groups excluding carboxylic acids is 1. The first-order valence-corrected chi connectivity index (χ1v) is 5.68. The van der Waals surface area contributed by atoms with Gasteiger partial charge in [-0.2, -0.15) is 0 Å². The number of nitrogens with one attached hydrogen (secondary N) is 1. The summed E-state index contributed by atoms with van der Waals surface area (Å²) in [6.45, 7) is -1.40. The quantitative estimate of drug-likeness (QED) is 0.503. The summed E-state index contributed by atoms with van der Waals surface area (Å²) in [6.07, 6.45) is 0. The second-order valence-electron chi connectivity index (χ2n) is 4.11. The topological polar surface area (TPSA) is 133 Å². The van der Waals surface area contributed by atoms with Gasteiger partial charge in [-0.05, 0) is 18.2 Å². The van der Waals surface area contributed by atoms with E-state index in [0.29, 0.717) is 11.4 Å². The highest BCUT2D eigenvalue weighted by molar-refractivity contribution is 5.93. The van der Waals surface area contributed by atoms with Gasteiger partial charge in [-0.15, -0.1) is 0 Å².